The average molecular weight is 416 g/mol. The molecule has 0 bridgehead atoms. The molecule has 0 saturated carbocycles. The molecule has 0 radical (unpaired) electrons. The number of piperazine rings is 1. The molecule has 2 aliphatic heterocycles. The molecule has 6 heteroatoms. The number of nitrogens with one attached hydrogen (secondary N) is 1. The lowest BCUT2D eigenvalue weighted by molar-refractivity contribution is -0.142. The van der Waals surface area contributed by atoms with Crippen LogP contribution in [0.5, 0.6) is 0 Å². The van der Waals surface area contributed by atoms with Crippen molar-refractivity contribution in [3.8, 4) is 0 Å². The quantitative estimate of drug-likeness (QED) is 0.709. The summed E-state index contributed by atoms with van der Waals surface area (Å²) in [5.74, 6) is 0.240. The molecule has 0 unspecified atom stereocenters. The highest BCUT2D eigenvalue weighted by Crippen LogP contribution is 2.28. The van der Waals surface area contributed by atoms with Gasteiger partial charge in [-0.15, -0.1) is 0 Å². The van der Waals surface area contributed by atoms with Crippen LogP contribution in [0.25, 0.3) is 0 Å². The molecular weight excluding hydrogens is 378 g/mol. The number of carbonyl (C=O) groups is 2. The third-order valence-corrected chi connectivity index (χ3v) is 6.32. The molecule has 0 aromatic heterocycles. The molecule has 2 heterocycles. The topological polar surface area (TPSA) is 61.9 Å². The first kappa shape index (κ1) is 22.8. The van der Waals surface area contributed by atoms with E-state index >= 15 is 0 Å². The van der Waals surface area contributed by atoms with Crippen LogP contribution in [0.2, 0.25) is 0 Å². The summed E-state index contributed by atoms with van der Waals surface area (Å²) in [6.45, 7) is 11.1. The smallest absolute Gasteiger partial charge is 0.251 e. The summed E-state index contributed by atoms with van der Waals surface area (Å²) >= 11 is 0. The highest BCUT2D eigenvalue weighted by molar-refractivity contribution is 5.81. The van der Waals surface area contributed by atoms with E-state index in [1.165, 1.54) is 5.56 Å². The lowest BCUT2D eigenvalue weighted by Gasteiger charge is -2.35. The van der Waals surface area contributed by atoms with Gasteiger partial charge in [0.25, 0.3) is 5.91 Å². The zero-order valence-corrected chi connectivity index (χ0v) is 18.7. The predicted octanol–water partition coefficient (Wildman–Crippen LogP) is 2.57. The second-order valence-electron chi connectivity index (χ2n) is 9.34. The van der Waals surface area contributed by atoms with Crippen LogP contribution in [0.3, 0.4) is 0 Å². The number of hydrogen-bond acceptors (Lipinski definition) is 4. The van der Waals surface area contributed by atoms with E-state index in [4.69, 9.17) is 4.74 Å². The van der Waals surface area contributed by atoms with Gasteiger partial charge < -0.3 is 15.0 Å². The van der Waals surface area contributed by atoms with Crippen LogP contribution in [0.4, 0.5) is 0 Å². The molecule has 0 spiro atoms. The number of amides is 2. The van der Waals surface area contributed by atoms with Crippen LogP contribution in [-0.2, 0) is 19.7 Å². The Labute approximate surface area is 180 Å². The second kappa shape index (κ2) is 10.4. The van der Waals surface area contributed by atoms with E-state index in [2.05, 4.69) is 55.3 Å². The number of carbonyl (C=O) groups excluding carboxylic acids is 2. The van der Waals surface area contributed by atoms with Crippen LogP contribution in [-0.4, -0.2) is 73.1 Å². The maximum Gasteiger partial charge on any atom is 0.251 e. The largest absolute Gasteiger partial charge is 0.368 e. The van der Waals surface area contributed by atoms with Crippen LogP contribution in [0.1, 0.15) is 52.0 Å². The number of hydrogen-bond donors (Lipinski definition) is 1. The van der Waals surface area contributed by atoms with E-state index in [9.17, 15) is 9.59 Å². The highest BCUT2D eigenvalue weighted by Gasteiger charge is 2.30. The average Bonchev–Trinajstić information content (AvgIpc) is 3.27. The lowest BCUT2D eigenvalue weighted by atomic mass is 9.79. The first-order valence-electron chi connectivity index (χ1n) is 11.3. The van der Waals surface area contributed by atoms with E-state index in [1.807, 2.05) is 11.0 Å². The third-order valence-electron chi connectivity index (χ3n) is 6.32. The molecule has 2 fully saturated rings. The Hall–Kier alpha value is -1.92. The standard InChI is InChI=1S/C24H37N3O3/c1-19(18-24(2,3)20-8-5-4-6-9-20)25-22(28)11-12-26-13-15-27(16-14-26)23(29)21-10-7-17-30-21/h4-6,8-9,19,21H,7,10-18H2,1-3H3,(H,25,28)/t19-,21-/m0/s1. The summed E-state index contributed by atoms with van der Waals surface area (Å²) in [5.41, 5.74) is 1.31. The Morgan fingerprint density at radius 3 is 2.50 bits per heavy atom. The van der Waals surface area contributed by atoms with Gasteiger partial charge in [0.1, 0.15) is 6.10 Å². The van der Waals surface area contributed by atoms with E-state index in [0.717, 1.165) is 52.0 Å². The molecule has 1 aromatic rings. The molecule has 0 aliphatic carbocycles. The van der Waals surface area contributed by atoms with Gasteiger partial charge in [-0.25, -0.2) is 0 Å². The SMILES string of the molecule is C[C@@H](CC(C)(C)c1ccccc1)NC(=O)CCN1CCN(C(=O)[C@@H]2CCCO2)CC1. The van der Waals surface area contributed by atoms with Crippen LogP contribution < -0.4 is 5.32 Å². The second-order valence-corrected chi connectivity index (χ2v) is 9.34. The number of ether oxygens (including phenoxy) is 1. The van der Waals surface area contributed by atoms with Crippen molar-refractivity contribution in [3.63, 3.8) is 0 Å². The minimum atomic E-state index is -0.232. The third kappa shape index (κ3) is 6.29. The van der Waals surface area contributed by atoms with Crippen molar-refractivity contribution in [1.82, 2.24) is 15.1 Å². The summed E-state index contributed by atoms with van der Waals surface area (Å²) in [7, 11) is 0. The Bertz CT molecular complexity index is 693. The number of rotatable bonds is 8. The van der Waals surface area contributed by atoms with Crippen molar-refractivity contribution in [2.45, 2.75) is 64.0 Å². The van der Waals surface area contributed by atoms with Crippen molar-refractivity contribution in [1.29, 1.82) is 0 Å². The minimum Gasteiger partial charge on any atom is -0.368 e. The fourth-order valence-corrected chi connectivity index (χ4v) is 4.60. The first-order valence-corrected chi connectivity index (χ1v) is 11.3. The highest BCUT2D eigenvalue weighted by atomic mass is 16.5. The molecule has 6 nitrogen and oxygen atoms in total. The monoisotopic (exact) mass is 415 g/mol. The predicted molar refractivity (Wildman–Crippen MR) is 118 cm³/mol. The Balaban J connectivity index is 1.35. The van der Waals surface area contributed by atoms with Crippen molar-refractivity contribution in [3.05, 3.63) is 35.9 Å². The molecule has 2 atom stereocenters. The molecular formula is C24H37N3O3. The summed E-state index contributed by atoms with van der Waals surface area (Å²) < 4.78 is 5.52. The van der Waals surface area contributed by atoms with Gasteiger partial charge in [-0.1, -0.05) is 44.2 Å². The van der Waals surface area contributed by atoms with Crippen LogP contribution in [0.15, 0.2) is 30.3 Å². The fraction of sp³-hybridized carbons (Fsp3) is 0.667. The summed E-state index contributed by atoms with van der Waals surface area (Å²) in [6, 6.07) is 10.6. The molecule has 30 heavy (non-hydrogen) atoms. The van der Waals surface area contributed by atoms with Gasteiger partial charge in [-0.05, 0) is 37.2 Å². The summed E-state index contributed by atoms with van der Waals surface area (Å²) in [5, 5.41) is 3.16. The zero-order chi connectivity index (χ0) is 21.6. The van der Waals surface area contributed by atoms with Crippen molar-refractivity contribution in [2.24, 2.45) is 0 Å². The fourth-order valence-electron chi connectivity index (χ4n) is 4.60. The molecule has 1 N–H and O–H groups in total. The maximum absolute atomic E-state index is 12.4. The Morgan fingerprint density at radius 2 is 1.87 bits per heavy atom. The van der Waals surface area contributed by atoms with Crippen molar-refractivity contribution < 1.29 is 14.3 Å². The first-order chi connectivity index (χ1) is 14.3. The van der Waals surface area contributed by atoms with E-state index in [-0.39, 0.29) is 29.4 Å². The van der Waals surface area contributed by atoms with E-state index < -0.39 is 0 Å². The summed E-state index contributed by atoms with van der Waals surface area (Å²) in [6.07, 6.45) is 2.98. The lowest BCUT2D eigenvalue weighted by Crippen LogP contribution is -2.51. The Kier molecular flexibility index (Phi) is 7.89. The normalized spacial score (nSPS) is 21.4. The molecule has 2 amide bonds. The number of benzene rings is 1. The Morgan fingerprint density at radius 1 is 1.17 bits per heavy atom. The molecule has 3 rings (SSSR count). The van der Waals surface area contributed by atoms with Crippen molar-refractivity contribution >= 4 is 11.8 Å². The number of nitrogens with zero attached hydrogens (tertiary/aromatic N) is 2. The molecule has 1 aromatic carbocycles. The van der Waals surface area contributed by atoms with Gasteiger partial charge in [-0.2, -0.15) is 0 Å². The molecule has 166 valence electrons. The van der Waals surface area contributed by atoms with Gasteiger partial charge in [0, 0.05) is 51.8 Å². The van der Waals surface area contributed by atoms with Crippen molar-refractivity contribution in [2.75, 3.05) is 39.3 Å². The summed E-state index contributed by atoms with van der Waals surface area (Å²) in [4.78, 5) is 29.1. The zero-order valence-electron chi connectivity index (χ0n) is 18.7. The molecule has 2 saturated heterocycles. The van der Waals surface area contributed by atoms with E-state index in [1.54, 1.807) is 0 Å². The van der Waals surface area contributed by atoms with Gasteiger partial charge in [0.2, 0.25) is 5.91 Å². The maximum atomic E-state index is 12.4. The van der Waals surface area contributed by atoms with Crippen LogP contribution in [0, 0.1) is 0 Å². The molecule has 2 aliphatic rings. The van der Waals surface area contributed by atoms with Gasteiger partial charge in [0.05, 0.1) is 0 Å². The van der Waals surface area contributed by atoms with Gasteiger partial charge >= 0.3 is 0 Å². The van der Waals surface area contributed by atoms with Gasteiger partial charge in [0.15, 0.2) is 0 Å². The minimum absolute atomic E-state index is 0.0137. The van der Waals surface area contributed by atoms with Gasteiger partial charge in [-0.3, -0.25) is 14.5 Å². The van der Waals surface area contributed by atoms with Crippen LogP contribution >= 0.6 is 0 Å². The van der Waals surface area contributed by atoms with E-state index in [0.29, 0.717) is 13.0 Å².